The molecule has 0 spiro atoms. The predicted octanol–water partition coefficient (Wildman–Crippen LogP) is 2.83. The zero-order chi connectivity index (χ0) is 13.8. The van der Waals surface area contributed by atoms with Gasteiger partial charge in [-0.25, -0.2) is 4.79 Å². The van der Waals surface area contributed by atoms with Crippen LogP contribution in [0.3, 0.4) is 0 Å². The zero-order valence-electron chi connectivity index (χ0n) is 11.8. The molecule has 1 aromatic carbocycles. The first-order chi connectivity index (χ1) is 9.81. The van der Waals surface area contributed by atoms with Gasteiger partial charge < -0.3 is 10.6 Å². The summed E-state index contributed by atoms with van der Waals surface area (Å²) in [5.74, 6) is 0. The first-order valence-corrected chi connectivity index (χ1v) is 7.68. The number of likely N-dealkylation sites (tertiary alicyclic amines) is 1. The van der Waals surface area contributed by atoms with Gasteiger partial charge in [-0.15, -0.1) is 0 Å². The molecule has 2 aliphatic rings. The lowest BCUT2D eigenvalue weighted by molar-refractivity contribution is 0.234. The van der Waals surface area contributed by atoms with Crippen LogP contribution < -0.4 is 10.6 Å². The second-order valence-corrected chi connectivity index (χ2v) is 5.88. The monoisotopic (exact) mass is 273 g/mol. The Labute approximate surface area is 120 Å². The molecule has 1 saturated heterocycles. The van der Waals surface area contributed by atoms with Crippen LogP contribution in [-0.4, -0.2) is 36.1 Å². The van der Waals surface area contributed by atoms with E-state index in [1.165, 1.54) is 25.7 Å². The van der Waals surface area contributed by atoms with Crippen molar-refractivity contribution in [2.45, 2.75) is 44.2 Å². The van der Waals surface area contributed by atoms with Crippen molar-refractivity contribution in [3.8, 4) is 0 Å². The van der Waals surface area contributed by atoms with Crippen LogP contribution in [0.25, 0.3) is 0 Å². The molecule has 0 aromatic heterocycles. The van der Waals surface area contributed by atoms with Gasteiger partial charge in [-0.1, -0.05) is 31.0 Å². The Morgan fingerprint density at radius 3 is 2.60 bits per heavy atom. The maximum Gasteiger partial charge on any atom is 0.319 e. The molecule has 4 heteroatoms. The van der Waals surface area contributed by atoms with Gasteiger partial charge in [-0.05, 0) is 31.4 Å². The van der Waals surface area contributed by atoms with Gasteiger partial charge in [-0.2, -0.15) is 0 Å². The molecular formula is C16H23N3O. The molecule has 0 radical (unpaired) electrons. The molecule has 3 rings (SSSR count). The van der Waals surface area contributed by atoms with E-state index in [4.69, 9.17) is 0 Å². The molecule has 1 aliphatic carbocycles. The topological polar surface area (TPSA) is 44.4 Å². The van der Waals surface area contributed by atoms with Crippen molar-refractivity contribution in [2.24, 2.45) is 0 Å². The van der Waals surface area contributed by atoms with Gasteiger partial charge in [0.15, 0.2) is 0 Å². The number of nitrogens with one attached hydrogen (secondary N) is 2. The third-order valence-electron chi connectivity index (χ3n) is 4.43. The summed E-state index contributed by atoms with van der Waals surface area (Å²) in [6.45, 7) is 2.13. The van der Waals surface area contributed by atoms with Gasteiger partial charge in [0.2, 0.25) is 0 Å². The highest BCUT2D eigenvalue weighted by molar-refractivity contribution is 5.89. The molecule has 2 amide bonds. The van der Waals surface area contributed by atoms with Crippen molar-refractivity contribution in [3.63, 3.8) is 0 Å². The van der Waals surface area contributed by atoms with Crippen LogP contribution in [0.15, 0.2) is 30.3 Å². The van der Waals surface area contributed by atoms with E-state index in [2.05, 4.69) is 15.5 Å². The van der Waals surface area contributed by atoms with E-state index < -0.39 is 0 Å². The molecule has 1 atom stereocenters. The summed E-state index contributed by atoms with van der Waals surface area (Å²) in [5, 5.41) is 5.97. The van der Waals surface area contributed by atoms with Crippen LogP contribution in [0, 0.1) is 0 Å². The highest BCUT2D eigenvalue weighted by atomic mass is 16.2. The van der Waals surface area contributed by atoms with Crippen LogP contribution >= 0.6 is 0 Å². The highest BCUT2D eigenvalue weighted by Crippen LogP contribution is 2.26. The largest absolute Gasteiger partial charge is 0.334 e. The number of hydrogen-bond acceptors (Lipinski definition) is 2. The van der Waals surface area contributed by atoms with Crippen LogP contribution in [0.2, 0.25) is 0 Å². The molecule has 2 fully saturated rings. The van der Waals surface area contributed by atoms with Crippen molar-refractivity contribution in [2.75, 3.05) is 18.4 Å². The Bertz CT molecular complexity index is 442. The van der Waals surface area contributed by atoms with Crippen LogP contribution in [0.4, 0.5) is 10.5 Å². The number of rotatable bonds is 3. The summed E-state index contributed by atoms with van der Waals surface area (Å²) in [5.41, 5.74) is 0.843. The lowest BCUT2D eigenvalue weighted by atomic mass is 10.2. The Kier molecular flexibility index (Phi) is 4.21. The Morgan fingerprint density at radius 2 is 1.85 bits per heavy atom. The summed E-state index contributed by atoms with van der Waals surface area (Å²) in [7, 11) is 0. The van der Waals surface area contributed by atoms with E-state index in [0.717, 1.165) is 31.2 Å². The van der Waals surface area contributed by atoms with Crippen molar-refractivity contribution in [1.29, 1.82) is 0 Å². The molecule has 2 N–H and O–H groups in total. The Balaban J connectivity index is 1.45. The predicted molar refractivity (Wildman–Crippen MR) is 80.8 cm³/mol. The minimum Gasteiger partial charge on any atom is -0.334 e. The summed E-state index contributed by atoms with van der Waals surface area (Å²) in [6.07, 6.45) is 6.48. The van der Waals surface area contributed by atoms with Gasteiger partial charge in [0.05, 0.1) is 0 Å². The standard InChI is InChI=1S/C16H23N3O/c20-16(17-13-6-2-1-3-7-13)18-14-10-11-19(12-14)15-8-4-5-9-15/h1-3,6-7,14-15H,4-5,8-12H2,(H2,17,18,20). The van der Waals surface area contributed by atoms with Gasteiger partial charge in [-0.3, -0.25) is 4.90 Å². The van der Waals surface area contributed by atoms with Crippen molar-refractivity contribution in [1.82, 2.24) is 10.2 Å². The fourth-order valence-electron chi connectivity index (χ4n) is 3.38. The van der Waals surface area contributed by atoms with E-state index in [-0.39, 0.29) is 6.03 Å². The quantitative estimate of drug-likeness (QED) is 0.889. The molecule has 1 aromatic rings. The lowest BCUT2D eigenvalue weighted by Gasteiger charge is -2.23. The summed E-state index contributed by atoms with van der Waals surface area (Å²) in [4.78, 5) is 14.5. The maximum atomic E-state index is 12.0. The minimum absolute atomic E-state index is 0.0885. The second kappa shape index (κ2) is 6.27. The fourth-order valence-corrected chi connectivity index (χ4v) is 3.38. The minimum atomic E-state index is -0.0885. The zero-order valence-corrected chi connectivity index (χ0v) is 11.8. The summed E-state index contributed by atoms with van der Waals surface area (Å²) in [6, 6.07) is 10.6. The smallest absolute Gasteiger partial charge is 0.319 e. The number of carbonyl (C=O) groups is 1. The Hall–Kier alpha value is -1.55. The number of benzene rings is 1. The van der Waals surface area contributed by atoms with Crippen LogP contribution in [0.5, 0.6) is 0 Å². The average Bonchev–Trinajstić information content (AvgIpc) is 3.10. The molecule has 20 heavy (non-hydrogen) atoms. The van der Waals surface area contributed by atoms with E-state index in [1.54, 1.807) is 0 Å². The number of para-hydroxylation sites is 1. The lowest BCUT2D eigenvalue weighted by Crippen LogP contribution is -2.41. The molecule has 108 valence electrons. The third-order valence-corrected chi connectivity index (χ3v) is 4.43. The number of amides is 2. The van der Waals surface area contributed by atoms with Gasteiger partial charge in [0, 0.05) is 30.9 Å². The SMILES string of the molecule is O=C(Nc1ccccc1)NC1CCN(C2CCCC2)C1. The fraction of sp³-hybridized carbons (Fsp3) is 0.562. The third kappa shape index (κ3) is 3.31. The number of carbonyl (C=O) groups excluding carboxylic acids is 1. The van der Waals surface area contributed by atoms with E-state index >= 15 is 0 Å². The maximum absolute atomic E-state index is 12.0. The van der Waals surface area contributed by atoms with Gasteiger partial charge >= 0.3 is 6.03 Å². The van der Waals surface area contributed by atoms with Gasteiger partial charge in [0.25, 0.3) is 0 Å². The molecule has 4 nitrogen and oxygen atoms in total. The van der Waals surface area contributed by atoms with Crippen molar-refractivity contribution in [3.05, 3.63) is 30.3 Å². The summed E-state index contributed by atoms with van der Waals surface area (Å²) < 4.78 is 0. The normalized spacial score (nSPS) is 23.9. The van der Waals surface area contributed by atoms with E-state index in [9.17, 15) is 4.79 Å². The Morgan fingerprint density at radius 1 is 1.10 bits per heavy atom. The second-order valence-electron chi connectivity index (χ2n) is 5.88. The van der Waals surface area contributed by atoms with E-state index in [1.807, 2.05) is 30.3 Å². The molecular weight excluding hydrogens is 250 g/mol. The number of hydrogen-bond donors (Lipinski definition) is 2. The highest BCUT2D eigenvalue weighted by Gasteiger charge is 2.30. The molecule has 1 saturated carbocycles. The van der Waals surface area contributed by atoms with Gasteiger partial charge in [0.1, 0.15) is 0 Å². The molecule has 1 unspecified atom stereocenters. The van der Waals surface area contributed by atoms with Crippen LogP contribution in [-0.2, 0) is 0 Å². The van der Waals surface area contributed by atoms with Crippen molar-refractivity contribution < 1.29 is 4.79 Å². The average molecular weight is 273 g/mol. The number of urea groups is 1. The van der Waals surface area contributed by atoms with E-state index in [0.29, 0.717) is 6.04 Å². The molecule has 1 aliphatic heterocycles. The first-order valence-electron chi connectivity index (χ1n) is 7.68. The molecule has 0 bridgehead atoms. The summed E-state index contributed by atoms with van der Waals surface area (Å²) >= 11 is 0. The van der Waals surface area contributed by atoms with Crippen molar-refractivity contribution >= 4 is 11.7 Å². The molecule has 1 heterocycles. The first kappa shape index (κ1) is 13.4. The van der Waals surface area contributed by atoms with Crippen LogP contribution in [0.1, 0.15) is 32.1 Å². The number of anilines is 1. The number of nitrogens with zero attached hydrogens (tertiary/aromatic N) is 1.